The Bertz CT molecular complexity index is 1070. The van der Waals surface area contributed by atoms with Crippen molar-refractivity contribution < 1.29 is 22.7 Å². The first-order chi connectivity index (χ1) is 14.6. The molecule has 2 aromatic rings. The smallest absolute Gasteiger partial charge is 0.265 e. The van der Waals surface area contributed by atoms with Crippen molar-refractivity contribution in [3.05, 3.63) is 45.1 Å². The summed E-state index contributed by atoms with van der Waals surface area (Å²) >= 11 is 1.05. The van der Waals surface area contributed by atoms with E-state index in [1.807, 2.05) is 32.9 Å². The highest BCUT2D eigenvalue weighted by Gasteiger charge is 2.32. The zero-order chi connectivity index (χ0) is 22.8. The molecule has 0 radical (unpaired) electrons. The van der Waals surface area contributed by atoms with Crippen molar-refractivity contribution in [1.82, 2.24) is 9.21 Å². The monoisotopic (exact) mass is 465 g/mol. The van der Waals surface area contributed by atoms with E-state index in [1.54, 1.807) is 5.38 Å². The van der Waals surface area contributed by atoms with Gasteiger partial charge in [0.1, 0.15) is 9.77 Å². The Kier molecular flexibility index (Phi) is 7.15. The fourth-order valence-corrected chi connectivity index (χ4v) is 6.40. The Morgan fingerprint density at radius 3 is 2.39 bits per heavy atom. The summed E-state index contributed by atoms with van der Waals surface area (Å²) in [5.74, 6) is -0.852. The first kappa shape index (κ1) is 23.4. The lowest BCUT2D eigenvalue weighted by Gasteiger charge is -2.26. The molecule has 0 spiro atoms. The molecule has 1 aliphatic rings. The Morgan fingerprint density at radius 1 is 1.16 bits per heavy atom. The molecule has 0 unspecified atom stereocenters. The number of carbonyl (C=O) groups excluding carboxylic acids is 2. The number of sulfonamides is 1. The van der Waals surface area contributed by atoms with Crippen molar-refractivity contribution in [2.24, 2.45) is 0 Å². The van der Waals surface area contributed by atoms with Gasteiger partial charge in [-0.25, -0.2) is 8.42 Å². The summed E-state index contributed by atoms with van der Waals surface area (Å²) in [7, 11) is -2.32. The number of rotatable bonds is 6. The fraction of sp³-hybridized carbons (Fsp3) is 0.429. The minimum Gasteiger partial charge on any atom is -0.379 e. The number of hydrogen-bond donors (Lipinski definition) is 1. The molecule has 1 N–H and O–H groups in total. The molecule has 10 heteroatoms. The molecule has 31 heavy (non-hydrogen) atoms. The van der Waals surface area contributed by atoms with E-state index in [0.29, 0.717) is 13.2 Å². The summed E-state index contributed by atoms with van der Waals surface area (Å²) in [4.78, 5) is 26.9. The number of morpholine rings is 1. The summed E-state index contributed by atoms with van der Waals surface area (Å²) < 4.78 is 32.5. The molecule has 1 aliphatic heterocycles. The van der Waals surface area contributed by atoms with E-state index < -0.39 is 15.9 Å². The van der Waals surface area contributed by atoms with Crippen molar-refractivity contribution in [2.45, 2.75) is 25.7 Å². The number of carbonyl (C=O) groups is 2. The summed E-state index contributed by atoms with van der Waals surface area (Å²) in [6, 6.07) is 5.40. The van der Waals surface area contributed by atoms with Gasteiger partial charge in [-0.1, -0.05) is 17.7 Å². The molecule has 1 aromatic carbocycles. The van der Waals surface area contributed by atoms with Crippen LogP contribution in [0.25, 0.3) is 0 Å². The highest BCUT2D eigenvalue weighted by Crippen LogP contribution is 2.27. The van der Waals surface area contributed by atoms with Crippen molar-refractivity contribution in [3.8, 4) is 0 Å². The summed E-state index contributed by atoms with van der Waals surface area (Å²) in [5.41, 5.74) is 3.71. The molecule has 168 valence electrons. The average molecular weight is 466 g/mol. The highest BCUT2D eigenvalue weighted by atomic mass is 32.2. The molecular formula is C21H27N3O5S2. The predicted molar refractivity (Wildman–Crippen MR) is 120 cm³/mol. The first-order valence-corrected chi connectivity index (χ1v) is 12.2. The third kappa shape index (κ3) is 5.15. The molecule has 2 heterocycles. The van der Waals surface area contributed by atoms with E-state index >= 15 is 0 Å². The van der Waals surface area contributed by atoms with Crippen molar-refractivity contribution >= 4 is 38.9 Å². The topological polar surface area (TPSA) is 96.0 Å². The number of ether oxygens (including phenoxy) is 1. The van der Waals surface area contributed by atoms with Crippen LogP contribution in [0, 0.1) is 20.8 Å². The molecule has 8 nitrogen and oxygen atoms in total. The number of aryl methyl sites for hydroxylation is 3. The van der Waals surface area contributed by atoms with Gasteiger partial charge in [0.15, 0.2) is 0 Å². The normalized spacial score (nSPS) is 15.0. The number of thiophene rings is 1. The van der Waals surface area contributed by atoms with Gasteiger partial charge in [-0.3, -0.25) is 9.59 Å². The zero-order valence-electron chi connectivity index (χ0n) is 18.1. The van der Waals surface area contributed by atoms with Gasteiger partial charge in [-0.2, -0.15) is 4.31 Å². The molecule has 1 aromatic heterocycles. The number of likely N-dealkylation sites (N-methyl/N-ethyl adjacent to an activating group) is 1. The van der Waals surface area contributed by atoms with Crippen LogP contribution < -0.4 is 5.32 Å². The quantitative estimate of drug-likeness (QED) is 0.707. The van der Waals surface area contributed by atoms with E-state index in [0.717, 1.165) is 33.7 Å². The van der Waals surface area contributed by atoms with Gasteiger partial charge in [0, 0.05) is 25.8 Å². The van der Waals surface area contributed by atoms with Gasteiger partial charge in [-0.05, 0) is 43.3 Å². The number of nitrogens with zero attached hydrogens (tertiary/aromatic N) is 2. The Morgan fingerprint density at radius 2 is 1.77 bits per heavy atom. The third-order valence-corrected chi connectivity index (χ3v) is 8.05. The van der Waals surface area contributed by atoms with E-state index in [1.165, 1.54) is 22.3 Å². The molecule has 0 saturated carbocycles. The van der Waals surface area contributed by atoms with E-state index in [9.17, 15) is 18.0 Å². The van der Waals surface area contributed by atoms with Gasteiger partial charge in [0.05, 0.1) is 19.8 Å². The van der Waals surface area contributed by atoms with Crippen LogP contribution in [0.15, 0.2) is 28.5 Å². The van der Waals surface area contributed by atoms with Crippen LogP contribution in [0.1, 0.15) is 26.4 Å². The molecule has 2 amide bonds. The summed E-state index contributed by atoms with van der Waals surface area (Å²) in [6.45, 7) is 6.77. The molecule has 0 bridgehead atoms. The van der Waals surface area contributed by atoms with E-state index in [2.05, 4.69) is 5.32 Å². The van der Waals surface area contributed by atoms with Gasteiger partial charge >= 0.3 is 0 Å². The standard InChI is InChI=1S/C21H27N3O5S2/c1-14-11-15(2)19(16(3)12-14)22-18(25)13-23(4)21(26)20-17(5-10-30-20)31(27,28)24-6-8-29-9-7-24/h5,10-12H,6-9,13H2,1-4H3,(H,22,25). The largest absolute Gasteiger partial charge is 0.379 e. The molecule has 3 rings (SSSR count). The maximum atomic E-state index is 13.0. The summed E-state index contributed by atoms with van der Waals surface area (Å²) in [6.07, 6.45) is 0. The van der Waals surface area contributed by atoms with Crippen LogP contribution in [0.4, 0.5) is 5.69 Å². The molecule has 1 saturated heterocycles. The average Bonchev–Trinajstić information content (AvgIpc) is 3.21. The van der Waals surface area contributed by atoms with Gasteiger partial charge in [0.2, 0.25) is 15.9 Å². The first-order valence-electron chi connectivity index (χ1n) is 9.90. The fourth-order valence-electron chi connectivity index (χ4n) is 3.60. The number of anilines is 1. The predicted octanol–water partition coefficient (Wildman–Crippen LogP) is 2.40. The maximum absolute atomic E-state index is 13.0. The van der Waals surface area contributed by atoms with Gasteiger partial charge in [-0.15, -0.1) is 11.3 Å². The highest BCUT2D eigenvalue weighted by molar-refractivity contribution is 7.89. The summed E-state index contributed by atoms with van der Waals surface area (Å²) in [5, 5.41) is 4.44. The maximum Gasteiger partial charge on any atom is 0.265 e. The van der Waals surface area contributed by atoms with Crippen molar-refractivity contribution in [2.75, 3.05) is 45.2 Å². The third-order valence-electron chi connectivity index (χ3n) is 5.08. The van der Waals surface area contributed by atoms with Crippen LogP contribution in [-0.2, 0) is 19.6 Å². The lowest BCUT2D eigenvalue weighted by atomic mass is 10.1. The molecule has 0 atom stereocenters. The van der Waals surface area contributed by atoms with Crippen LogP contribution >= 0.6 is 11.3 Å². The van der Waals surface area contributed by atoms with Gasteiger partial charge < -0.3 is 15.0 Å². The second-order valence-corrected chi connectivity index (χ2v) is 10.4. The van der Waals surface area contributed by atoms with Crippen molar-refractivity contribution in [1.29, 1.82) is 0 Å². The number of hydrogen-bond acceptors (Lipinski definition) is 6. The molecular weight excluding hydrogens is 438 g/mol. The zero-order valence-corrected chi connectivity index (χ0v) is 19.7. The van der Waals surface area contributed by atoms with Crippen LogP contribution in [0.2, 0.25) is 0 Å². The van der Waals surface area contributed by atoms with Crippen LogP contribution in [0.3, 0.4) is 0 Å². The number of nitrogens with one attached hydrogen (secondary N) is 1. The SMILES string of the molecule is Cc1cc(C)c(NC(=O)CN(C)C(=O)c2sccc2S(=O)(=O)N2CCOCC2)c(C)c1. The van der Waals surface area contributed by atoms with Crippen LogP contribution in [0.5, 0.6) is 0 Å². The molecule has 0 aliphatic carbocycles. The van der Waals surface area contributed by atoms with Crippen molar-refractivity contribution in [3.63, 3.8) is 0 Å². The Labute approximate surface area is 186 Å². The lowest BCUT2D eigenvalue weighted by molar-refractivity contribution is -0.116. The number of amides is 2. The second-order valence-electron chi connectivity index (χ2n) is 7.61. The van der Waals surface area contributed by atoms with Crippen LogP contribution in [-0.4, -0.2) is 69.3 Å². The van der Waals surface area contributed by atoms with Gasteiger partial charge in [0.25, 0.3) is 5.91 Å². The van der Waals surface area contributed by atoms with E-state index in [4.69, 9.17) is 4.74 Å². The Balaban J connectivity index is 1.73. The second kappa shape index (κ2) is 9.47. The molecule has 1 fully saturated rings. The van der Waals surface area contributed by atoms with E-state index in [-0.39, 0.29) is 35.3 Å². The lowest BCUT2D eigenvalue weighted by Crippen LogP contribution is -2.41. The minimum atomic E-state index is -3.80. The number of benzene rings is 1. The Hall–Kier alpha value is -2.27. The minimum absolute atomic E-state index is 0.0260.